The SMILES string of the molecule is Cc1ccc(F)cc1C(O)c1cc(C(F)(F)F)ccc1F. The van der Waals surface area contributed by atoms with E-state index in [1.54, 1.807) is 6.92 Å². The lowest BCUT2D eigenvalue weighted by Gasteiger charge is -2.17. The zero-order valence-electron chi connectivity index (χ0n) is 10.9. The van der Waals surface area contributed by atoms with E-state index in [4.69, 9.17) is 0 Å². The Morgan fingerprint density at radius 3 is 2.24 bits per heavy atom. The van der Waals surface area contributed by atoms with Crippen molar-refractivity contribution in [2.45, 2.75) is 19.2 Å². The minimum atomic E-state index is -4.65. The number of aliphatic hydroxyl groups is 1. The lowest BCUT2D eigenvalue weighted by molar-refractivity contribution is -0.137. The van der Waals surface area contributed by atoms with E-state index in [0.29, 0.717) is 23.8 Å². The maximum Gasteiger partial charge on any atom is 0.416 e. The zero-order valence-corrected chi connectivity index (χ0v) is 10.9. The van der Waals surface area contributed by atoms with Crippen molar-refractivity contribution >= 4 is 0 Å². The smallest absolute Gasteiger partial charge is 0.384 e. The van der Waals surface area contributed by atoms with Crippen LogP contribution in [0.3, 0.4) is 0 Å². The van der Waals surface area contributed by atoms with E-state index in [1.807, 2.05) is 0 Å². The van der Waals surface area contributed by atoms with Gasteiger partial charge in [-0.2, -0.15) is 13.2 Å². The van der Waals surface area contributed by atoms with E-state index in [2.05, 4.69) is 0 Å². The monoisotopic (exact) mass is 302 g/mol. The van der Waals surface area contributed by atoms with Gasteiger partial charge in [0.2, 0.25) is 0 Å². The first-order valence-electron chi connectivity index (χ1n) is 6.01. The van der Waals surface area contributed by atoms with Crippen molar-refractivity contribution in [3.8, 4) is 0 Å². The summed E-state index contributed by atoms with van der Waals surface area (Å²) in [5, 5.41) is 10.1. The third-order valence-electron chi connectivity index (χ3n) is 3.15. The third-order valence-corrected chi connectivity index (χ3v) is 3.15. The van der Waals surface area contributed by atoms with Crippen LogP contribution < -0.4 is 0 Å². The van der Waals surface area contributed by atoms with Crippen LogP contribution in [0.25, 0.3) is 0 Å². The first kappa shape index (κ1) is 15.4. The van der Waals surface area contributed by atoms with Gasteiger partial charge in [-0.25, -0.2) is 8.78 Å². The second-order valence-electron chi connectivity index (χ2n) is 4.64. The van der Waals surface area contributed by atoms with Crippen LogP contribution in [-0.2, 0) is 6.18 Å². The molecule has 0 aliphatic rings. The van der Waals surface area contributed by atoms with Crippen LogP contribution in [-0.4, -0.2) is 5.11 Å². The van der Waals surface area contributed by atoms with Crippen molar-refractivity contribution in [3.63, 3.8) is 0 Å². The van der Waals surface area contributed by atoms with E-state index in [-0.39, 0.29) is 5.56 Å². The van der Waals surface area contributed by atoms with Gasteiger partial charge in [0, 0.05) is 5.56 Å². The van der Waals surface area contributed by atoms with Crippen LogP contribution in [0.5, 0.6) is 0 Å². The van der Waals surface area contributed by atoms with E-state index in [9.17, 15) is 27.1 Å². The van der Waals surface area contributed by atoms with Gasteiger partial charge >= 0.3 is 6.18 Å². The second kappa shape index (κ2) is 5.44. The molecule has 0 spiro atoms. The molecule has 2 aromatic rings. The Bertz CT molecular complexity index is 664. The number of aliphatic hydroxyl groups excluding tert-OH is 1. The summed E-state index contributed by atoms with van der Waals surface area (Å²) in [6, 6.07) is 5.23. The third kappa shape index (κ3) is 3.21. The summed E-state index contributed by atoms with van der Waals surface area (Å²) in [4.78, 5) is 0. The molecule has 0 aliphatic heterocycles. The van der Waals surface area contributed by atoms with Crippen molar-refractivity contribution in [2.75, 3.05) is 0 Å². The average Bonchev–Trinajstić information content (AvgIpc) is 2.40. The van der Waals surface area contributed by atoms with Crippen LogP contribution >= 0.6 is 0 Å². The van der Waals surface area contributed by atoms with Crippen molar-refractivity contribution in [3.05, 3.63) is 70.3 Å². The summed E-state index contributed by atoms with van der Waals surface area (Å²) in [5.41, 5.74) is -1.15. The van der Waals surface area contributed by atoms with Crippen LogP contribution in [0, 0.1) is 18.6 Å². The largest absolute Gasteiger partial charge is 0.416 e. The lowest BCUT2D eigenvalue weighted by atomic mass is 9.95. The van der Waals surface area contributed by atoms with E-state index in [1.165, 1.54) is 6.07 Å². The number of aryl methyl sites for hydroxylation is 1. The Balaban J connectivity index is 2.52. The number of hydrogen-bond acceptors (Lipinski definition) is 1. The van der Waals surface area contributed by atoms with Gasteiger partial charge in [0.05, 0.1) is 5.56 Å². The highest BCUT2D eigenvalue weighted by molar-refractivity contribution is 5.38. The van der Waals surface area contributed by atoms with Crippen LogP contribution in [0.2, 0.25) is 0 Å². The molecule has 1 N–H and O–H groups in total. The minimum absolute atomic E-state index is 0.0215. The van der Waals surface area contributed by atoms with Crippen LogP contribution in [0.1, 0.15) is 28.4 Å². The van der Waals surface area contributed by atoms with E-state index < -0.39 is 35.0 Å². The van der Waals surface area contributed by atoms with E-state index in [0.717, 1.165) is 12.1 Å². The number of rotatable bonds is 2. The Hall–Kier alpha value is -1.95. The normalized spacial score (nSPS) is 13.3. The molecule has 0 aliphatic carbocycles. The summed E-state index contributed by atoms with van der Waals surface area (Å²) in [6.07, 6.45) is -6.33. The molecule has 0 bridgehead atoms. The standard InChI is InChI=1S/C15H11F5O/c1-8-2-4-10(16)7-11(8)14(21)12-6-9(15(18,19)20)3-5-13(12)17/h2-7,14,21H,1H3. The summed E-state index contributed by atoms with van der Waals surface area (Å²) in [7, 11) is 0. The topological polar surface area (TPSA) is 20.2 Å². The van der Waals surface area contributed by atoms with Crippen molar-refractivity contribution in [2.24, 2.45) is 0 Å². The molecule has 2 aromatic carbocycles. The highest BCUT2D eigenvalue weighted by Crippen LogP contribution is 2.34. The number of halogens is 5. The zero-order chi connectivity index (χ0) is 15.8. The fraction of sp³-hybridized carbons (Fsp3) is 0.200. The maximum atomic E-state index is 13.7. The van der Waals surface area contributed by atoms with Crippen molar-refractivity contribution < 1.29 is 27.1 Å². The molecule has 0 heterocycles. The van der Waals surface area contributed by atoms with E-state index >= 15 is 0 Å². The predicted octanol–water partition coefficient (Wildman–Crippen LogP) is 4.37. The van der Waals surface area contributed by atoms with Gasteiger partial charge in [0.1, 0.15) is 17.7 Å². The van der Waals surface area contributed by atoms with Crippen LogP contribution in [0.15, 0.2) is 36.4 Å². The first-order chi connectivity index (χ1) is 9.70. The Labute approximate surface area is 117 Å². The number of alkyl halides is 3. The lowest BCUT2D eigenvalue weighted by Crippen LogP contribution is -2.10. The first-order valence-corrected chi connectivity index (χ1v) is 6.01. The molecule has 0 aromatic heterocycles. The average molecular weight is 302 g/mol. The van der Waals surface area contributed by atoms with Gasteiger partial charge in [-0.1, -0.05) is 6.07 Å². The van der Waals surface area contributed by atoms with Crippen LogP contribution in [0.4, 0.5) is 22.0 Å². The second-order valence-corrected chi connectivity index (χ2v) is 4.64. The molecule has 0 fully saturated rings. The summed E-state index contributed by atoms with van der Waals surface area (Å²) >= 11 is 0. The molecule has 2 rings (SSSR count). The summed E-state index contributed by atoms with van der Waals surface area (Å²) < 4.78 is 64.8. The van der Waals surface area contributed by atoms with Crippen molar-refractivity contribution in [1.82, 2.24) is 0 Å². The molecule has 0 saturated heterocycles. The van der Waals surface area contributed by atoms with Gasteiger partial charge in [0.25, 0.3) is 0 Å². The molecule has 0 radical (unpaired) electrons. The molecular weight excluding hydrogens is 291 g/mol. The van der Waals surface area contributed by atoms with Gasteiger partial charge in [-0.05, 0) is 48.4 Å². The molecule has 112 valence electrons. The minimum Gasteiger partial charge on any atom is -0.384 e. The highest BCUT2D eigenvalue weighted by atomic mass is 19.4. The fourth-order valence-electron chi connectivity index (χ4n) is 2.00. The maximum absolute atomic E-state index is 13.7. The van der Waals surface area contributed by atoms with Gasteiger partial charge in [0.15, 0.2) is 0 Å². The molecule has 6 heteroatoms. The highest BCUT2D eigenvalue weighted by Gasteiger charge is 2.32. The predicted molar refractivity (Wildman–Crippen MR) is 66.6 cm³/mol. The molecule has 1 unspecified atom stereocenters. The Morgan fingerprint density at radius 2 is 1.62 bits per heavy atom. The summed E-state index contributed by atoms with van der Waals surface area (Å²) in [6.45, 7) is 1.55. The quantitative estimate of drug-likeness (QED) is 0.817. The fourth-order valence-corrected chi connectivity index (χ4v) is 2.00. The van der Waals surface area contributed by atoms with Gasteiger partial charge < -0.3 is 5.11 Å². The molecule has 21 heavy (non-hydrogen) atoms. The van der Waals surface area contributed by atoms with Gasteiger partial charge in [-0.3, -0.25) is 0 Å². The molecule has 1 atom stereocenters. The summed E-state index contributed by atoms with van der Waals surface area (Å²) in [5.74, 6) is -1.65. The molecular formula is C15H11F5O. The number of hydrogen-bond donors (Lipinski definition) is 1. The van der Waals surface area contributed by atoms with Crippen molar-refractivity contribution in [1.29, 1.82) is 0 Å². The Kier molecular flexibility index (Phi) is 4.00. The molecule has 1 nitrogen and oxygen atoms in total. The number of benzene rings is 2. The molecule has 0 amide bonds. The Morgan fingerprint density at radius 1 is 0.952 bits per heavy atom. The molecule has 0 saturated carbocycles. The van der Waals surface area contributed by atoms with Gasteiger partial charge in [-0.15, -0.1) is 0 Å².